The molecule has 150 valence electrons. The van der Waals surface area contributed by atoms with Crippen molar-refractivity contribution in [2.24, 2.45) is 10.9 Å². The van der Waals surface area contributed by atoms with Gasteiger partial charge in [0.25, 0.3) is 0 Å². The minimum Gasteiger partial charge on any atom is -0.357 e. The van der Waals surface area contributed by atoms with Crippen molar-refractivity contribution in [2.75, 3.05) is 31.9 Å². The zero-order valence-corrected chi connectivity index (χ0v) is 19.4. The maximum Gasteiger partial charge on any atom is 0.213 e. The highest BCUT2D eigenvalue weighted by Gasteiger charge is 2.19. The zero-order chi connectivity index (χ0) is 18.1. The molecule has 1 saturated carbocycles. The topological polar surface area (TPSA) is 95.5 Å². The Morgan fingerprint density at radius 3 is 2.73 bits per heavy atom. The number of nitrogens with zero attached hydrogens (tertiary/aromatic N) is 2. The Hall–Kier alpha value is -0.460. The van der Waals surface area contributed by atoms with Gasteiger partial charge in [-0.15, -0.1) is 35.3 Å². The Balaban J connectivity index is 0.00000338. The average Bonchev–Trinajstić information content (AvgIpc) is 2.91. The van der Waals surface area contributed by atoms with Crippen molar-refractivity contribution in [1.82, 2.24) is 20.3 Å². The van der Waals surface area contributed by atoms with Gasteiger partial charge < -0.3 is 10.6 Å². The molecule has 0 amide bonds. The highest BCUT2D eigenvalue weighted by molar-refractivity contribution is 14.0. The van der Waals surface area contributed by atoms with E-state index >= 15 is 0 Å². The van der Waals surface area contributed by atoms with Crippen LogP contribution in [0.2, 0.25) is 0 Å². The van der Waals surface area contributed by atoms with Crippen molar-refractivity contribution >= 4 is 51.3 Å². The second kappa shape index (κ2) is 12.1. The lowest BCUT2D eigenvalue weighted by molar-refractivity contribution is 0.316. The van der Waals surface area contributed by atoms with Crippen LogP contribution in [0.5, 0.6) is 0 Å². The number of aromatic nitrogens is 1. The standard InChI is InChI=1S/C16H29N5O2S2.HI/c1-3-17-16(18-8-7-15-12-24-13(2)21-15)19-9-10-25(22,23)20-11-14-5-4-6-14;/h12,14,20H,3-11H2,1-2H3,(H2,17,18,19);1H. The third-order valence-electron chi connectivity index (χ3n) is 4.13. The van der Waals surface area contributed by atoms with E-state index in [1.165, 1.54) is 6.42 Å². The molecule has 0 bridgehead atoms. The highest BCUT2D eigenvalue weighted by atomic mass is 127. The molecule has 0 aliphatic heterocycles. The molecule has 1 fully saturated rings. The largest absolute Gasteiger partial charge is 0.357 e. The molecule has 1 aliphatic carbocycles. The number of rotatable bonds is 10. The second-order valence-electron chi connectivity index (χ2n) is 6.26. The molecule has 1 heterocycles. The molecule has 26 heavy (non-hydrogen) atoms. The lowest BCUT2D eigenvalue weighted by atomic mass is 9.86. The molecule has 0 radical (unpaired) electrons. The van der Waals surface area contributed by atoms with Gasteiger partial charge >= 0.3 is 0 Å². The van der Waals surface area contributed by atoms with Gasteiger partial charge in [0.05, 0.1) is 23.0 Å². The number of aliphatic imine (C=N–C) groups is 1. The van der Waals surface area contributed by atoms with Gasteiger partial charge in [-0.1, -0.05) is 6.42 Å². The summed E-state index contributed by atoms with van der Waals surface area (Å²) in [6.07, 6.45) is 4.30. The zero-order valence-electron chi connectivity index (χ0n) is 15.5. The van der Waals surface area contributed by atoms with Crippen LogP contribution in [0.25, 0.3) is 0 Å². The van der Waals surface area contributed by atoms with E-state index in [-0.39, 0.29) is 36.3 Å². The van der Waals surface area contributed by atoms with E-state index in [1.807, 2.05) is 13.8 Å². The van der Waals surface area contributed by atoms with Crippen LogP contribution < -0.4 is 15.4 Å². The second-order valence-corrected chi connectivity index (χ2v) is 9.25. The van der Waals surface area contributed by atoms with Crippen molar-refractivity contribution < 1.29 is 8.42 Å². The minimum atomic E-state index is -3.25. The third-order valence-corrected chi connectivity index (χ3v) is 6.28. The van der Waals surface area contributed by atoms with E-state index in [2.05, 4.69) is 30.7 Å². The Morgan fingerprint density at radius 1 is 1.38 bits per heavy atom. The van der Waals surface area contributed by atoms with Gasteiger partial charge in [0.2, 0.25) is 10.0 Å². The molecule has 2 rings (SSSR count). The summed E-state index contributed by atoms with van der Waals surface area (Å²) >= 11 is 1.64. The van der Waals surface area contributed by atoms with E-state index < -0.39 is 10.0 Å². The van der Waals surface area contributed by atoms with Gasteiger partial charge in [-0.25, -0.2) is 18.1 Å². The first-order chi connectivity index (χ1) is 12.0. The lowest BCUT2D eigenvalue weighted by Crippen LogP contribution is -2.39. The van der Waals surface area contributed by atoms with Crippen LogP contribution in [0.15, 0.2) is 10.4 Å². The summed E-state index contributed by atoms with van der Waals surface area (Å²) in [7, 11) is -3.25. The van der Waals surface area contributed by atoms with Crippen molar-refractivity contribution in [3.05, 3.63) is 16.1 Å². The summed E-state index contributed by atoms with van der Waals surface area (Å²) in [5.74, 6) is 1.18. The van der Waals surface area contributed by atoms with Gasteiger partial charge in [0.1, 0.15) is 0 Å². The predicted octanol–water partition coefficient (Wildman–Crippen LogP) is 1.89. The summed E-state index contributed by atoms with van der Waals surface area (Å²) in [5.41, 5.74) is 1.06. The molecule has 3 N–H and O–H groups in total. The number of guanidine groups is 1. The molecule has 0 aromatic carbocycles. The average molecular weight is 515 g/mol. The first kappa shape index (κ1) is 23.6. The van der Waals surface area contributed by atoms with Crippen LogP contribution in [-0.2, 0) is 16.4 Å². The highest BCUT2D eigenvalue weighted by Crippen LogP contribution is 2.25. The number of hydrogen-bond acceptors (Lipinski definition) is 5. The molecule has 0 atom stereocenters. The van der Waals surface area contributed by atoms with Crippen molar-refractivity contribution in [1.29, 1.82) is 0 Å². The van der Waals surface area contributed by atoms with Crippen LogP contribution in [0.3, 0.4) is 0 Å². The molecule has 0 spiro atoms. The smallest absolute Gasteiger partial charge is 0.213 e. The summed E-state index contributed by atoms with van der Waals surface area (Å²) in [4.78, 5) is 8.78. The van der Waals surface area contributed by atoms with E-state index in [4.69, 9.17) is 0 Å². The van der Waals surface area contributed by atoms with Gasteiger partial charge in [-0.05, 0) is 32.6 Å². The lowest BCUT2D eigenvalue weighted by Gasteiger charge is -2.25. The maximum absolute atomic E-state index is 12.0. The molecule has 1 aliphatic rings. The number of nitrogens with one attached hydrogen (secondary N) is 3. The van der Waals surface area contributed by atoms with Crippen LogP contribution in [-0.4, -0.2) is 51.3 Å². The van der Waals surface area contributed by atoms with E-state index in [9.17, 15) is 8.42 Å². The molecule has 7 nitrogen and oxygen atoms in total. The van der Waals surface area contributed by atoms with Crippen molar-refractivity contribution in [3.63, 3.8) is 0 Å². The predicted molar refractivity (Wildman–Crippen MR) is 119 cm³/mol. The minimum absolute atomic E-state index is 0. The summed E-state index contributed by atoms with van der Waals surface area (Å²) in [6.45, 7) is 6.23. The Kier molecular flexibility index (Phi) is 11.0. The van der Waals surface area contributed by atoms with Crippen molar-refractivity contribution in [3.8, 4) is 0 Å². The molecular formula is C16H30IN5O2S2. The summed E-state index contributed by atoms with van der Waals surface area (Å²) in [6, 6.07) is 0. The SMILES string of the molecule is CCNC(=NCCS(=O)(=O)NCC1CCC1)NCCc1csc(C)n1.I. The van der Waals surface area contributed by atoms with Crippen molar-refractivity contribution in [2.45, 2.75) is 39.5 Å². The van der Waals surface area contributed by atoms with E-state index in [0.29, 0.717) is 25.0 Å². The third kappa shape index (κ3) is 8.96. The molecular weight excluding hydrogens is 485 g/mol. The Bertz CT molecular complexity index is 659. The molecule has 0 unspecified atom stereocenters. The fourth-order valence-electron chi connectivity index (χ4n) is 2.47. The maximum atomic E-state index is 12.0. The van der Waals surface area contributed by atoms with E-state index in [1.54, 1.807) is 11.3 Å². The fraction of sp³-hybridized carbons (Fsp3) is 0.750. The molecule has 1 aromatic rings. The number of sulfonamides is 1. The summed E-state index contributed by atoms with van der Waals surface area (Å²) < 4.78 is 26.7. The molecule has 10 heteroatoms. The van der Waals surface area contributed by atoms with Crippen LogP contribution in [0, 0.1) is 12.8 Å². The first-order valence-electron chi connectivity index (χ1n) is 8.89. The van der Waals surface area contributed by atoms with Crippen LogP contribution >= 0.6 is 35.3 Å². The van der Waals surface area contributed by atoms with Gasteiger partial charge in [-0.2, -0.15) is 0 Å². The van der Waals surface area contributed by atoms with E-state index in [0.717, 1.165) is 36.5 Å². The Labute approximate surface area is 177 Å². The Morgan fingerprint density at radius 2 is 2.15 bits per heavy atom. The fourth-order valence-corrected chi connectivity index (χ4v) is 4.08. The molecule has 0 saturated heterocycles. The first-order valence-corrected chi connectivity index (χ1v) is 11.4. The number of hydrogen-bond donors (Lipinski definition) is 3. The van der Waals surface area contributed by atoms with Crippen LogP contribution in [0.4, 0.5) is 0 Å². The monoisotopic (exact) mass is 515 g/mol. The van der Waals surface area contributed by atoms with Gasteiger partial charge in [-0.3, -0.25) is 4.99 Å². The normalized spacial score (nSPS) is 15.2. The molecule has 1 aromatic heterocycles. The van der Waals surface area contributed by atoms with Gasteiger partial charge in [0.15, 0.2) is 5.96 Å². The number of aryl methyl sites for hydroxylation is 1. The van der Waals surface area contributed by atoms with Crippen LogP contribution in [0.1, 0.15) is 36.9 Å². The number of halogens is 1. The summed E-state index contributed by atoms with van der Waals surface area (Å²) in [5, 5.41) is 9.48. The quantitative estimate of drug-likeness (QED) is 0.251. The number of thiazole rings is 1. The van der Waals surface area contributed by atoms with Gasteiger partial charge in [0, 0.05) is 31.4 Å².